The number of hydrogen-bond acceptors (Lipinski definition) is 2. The Morgan fingerprint density at radius 2 is 2.00 bits per heavy atom. The third-order valence-corrected chi connectivity index (χ3v) is 3.43. The van der Waals surface area contributed by atoms with Gasteiger partial charge < -0.3 is 10.2 Å². The maximum absolute atomic E-state index is 11.1. The molecular formula is C15H22N2O. The number of hydrogen-bond donors (Lipinski definition) is 1. The van der Waals surface area contributed by atoms with E-state index in [1.807, 2.05) is 4.90 Å². The Morgan fingerprint density at radius 3 is 2.56 bits per heavy atom. The van der Waals surface area contributed by atoms with Gasteiger partial charge in [-0.2, -0.15) is 0 Å². The van der Waals surface area contributed by atoms with Gasteiger partial charge >= 0.3 is 0 Å². The van der Waals surface area contributed by atoms with Crippen molar-refractivity contribution in [3.8, 4) is 0 Å². The average Bonchev–Trinajstić information content (AvgIpc) is 2.21. The highest BCUT2D eigenvalue weighted by molar-refractivity contribution is 5.74. The van der Waals surface area contributed by atoms with Crippen molar-refractivity contribution in [2.45, 2.75) is 39.2 Å². The number of rotatable bonds is 2. The summed E-state index contributed by atoms with van der Waals surface area (Å²) in [5.41, 5.74) is 2.65. The van der Waals surface area contributed by atoms with Crippen molar-refractivity contribution in [2.24, 2.45) is 0 Å². The van der Waals surface area contributed by atoms with Crippen LogP contribution >= 0.6 is 0 Å². The molecule has 1 saturated heterocycles. The molecule has 1 aromatic rings. The summed E-state index contributed by atoms with van der Waals surface area (Å²) in [6.45, 7) is 9.90. The molecule has 0 atom stereocenters. The molecule has 3 heteroatoms. The van der Waals surface area contributed by atoms with Crippen LogP contribution in [0.5, 0.6) is 0 Å². The standard InChI is InChI=1S/C15H22N2O/c1-11(18)17-9-14(10-17)16-13-7-5-6-12(8-13)15(2,3)4/h5-8,14,16H,9-10H2,1-4H3. The van der Waals surface area contributed by atoms with Crippen molar-refractivity contribution in [2.75, 3.05) is 18.4 Å². The molecule has 0 unspecified atom stereocenters. The lowest BCUT2D eigenvalue weighted by molar-refractivity contribution is -0.132. The van der Waals surface area contributed by atoms with Crippen molar-refractivity contribution in [1.29, 1.82) is 0 Å². The van der Waals surface area contributed by atoms with Crippen LogP contribution in [0.2, 0.25) is 0 Å². The summed E-state index contributed by atoms with van der Waals surface area (Å²) in [6, 6.07) is 8.93. The predicted octanol–water partition coefficient (Wildman–Crippen LogP) is 2.63. The molecule has 3 nitrogen and oxygen atoms in total. The fraction of sp³-hybridized carbons (Fsp3) is 0.533. The molecule has 18 heavy (non-hydrogen) atoms. The highest BCUT2D eigenvalue weighted by Gasteiger charge is 2.28. The molecule has 0 spiro atoms. The van der Waals surface area contributed by atoms with Crippen LogP contribution < -0.4 is 5.32 Å². The lowest BCUT2D eigenvalue weighted by Crippen LogP contribution is -2.56. The number of nitrogens with one attached hydrogen (secondary N) is 1. The first-order valence-electron chi connectivity index (χ1n) is 6.49. The summed E-state index contributed by atoms with van der Waals surface area (Å²) in [7, 11) is 0. The molecule has 0 saturated carbocycles. The van der Waals surface area contributed by atoms with Gasteiger partial charge in [0.2, 0.25) is 5.91 Å². The highest BCUT2D eigenvalue weighted by Crippen LogP contribution is 2.25. The summed E-state index contributed by atoms with van der Waals surface area (Å²) >= 11 is 0. The van der Waals surface area contributed by atoms with Gasteiger partial charge in [-0.05, 0) is 23.1 Å². The molecule has 0 radical (unpaired) electrons. The summed E-state index contributed by atoms with van der Waals surface area (Å²) < 4.78 is 0. The second-order valence-electron chi connectivity index (χ2n) is 6.10. The van der Waals surface area contributed by atoms with E-state index in [0.717, 1.165) is 18.8 Å². The number of carbonyl (C=O) groups excluding carboxylic acids is 1. The van der Waals surface area contributed by atoms with Gasteiger partial charge in [-0.25, -0.2) is 0 Å². The second kappa shape index (κ2) is 4.63. The molecule has 1 N–H and O–H groups in total. The zero-order valence-corrected chi connectivity index (χ0v) is 11.7. The van der Waals surface area contributed by atoms with Crippen LogP contribution in [-0.4, -0.2) is 29.9 Å². The Bertz CT molecular complexity index is 442. The van der Waals surface area contributed by atoms with Crippen LogP contribution in [0.3, 0.4) is 0 Å². The second-order valence-corrected chi connectivity index (χ2v) is 6.10. The molecule has 98 valence electrons. The third-order valence-electron chi connectivity index (χ3n) is 3.43. The van der Waals surface area contributed by atoms with E-state index in [-0.39, 0.29) is 11.3 Å². The van der Waals surface area contributed by atoms with Crippen molar-refractivity contribution >= 4 is 11.6 Å². The Labute approximate surface area is 109 Å². The zero-order chi connectivity index (χ0) is 13.3. The van der Waals surface area contributed by atoms with E-state index in [4.69, 9.17) is 0 Å². The molecule has 0 aliphatic carbocycles. The number of nitrogens with zero attached hydrogens (tertiary/aromatic N) is 1. The molecule has 1 fully saturated rings. The number of anilines is 1. The van der Waals surface area contributed by atoms with Gasteiger partial charge in [0.25, 0.3) is 0 Å². The Kier molecular flexibility index (Phi) is 3.33. The summed E-state index contributed by atoms with van der Waals surface area (Å²) in [6.07, 6.45) is 0. The minimum Gasteiger partial charge on any atom is -0.379 e. The van der Waals surface area contributed by atoms with E-state index in [2.05, 4.69) is 50.4 Å². The average molecular weight is 246 g/mol. The summed E-state index contributed by atoms with van der Waals surface area (Å²) in [5.74, 6) is 0.163. The van der Waals surface area contributed by atoms with Crippen LogP contribution in [0.4, 0.5) is 5.69 Å². The monoisotopic (exact) mass is 246 g/mol. The van der Waals surface area contributed by atoms with Crippen molar-refractivity contribution in [3.05, 3.63) is 29.8 Å². The first-order chi connectivity index (χ1) is 8.36. The van der Waals surface area contributed by atoms with E-state index >= 15 is 0 Å². The van der Waals surface area contributed by atoms with E-state index in [9.17, 15) is 4.79 Å². The molecule has 1 heterocycles. The van der Waals surface area contributed by atoms with Crippen LogP contribution in [0.1, 0.15) is 33.3 Å². The van der Waals surface area contributed by atoms with Gasteiger partial charge in [-0.1, -0.05) is 32.9 Å². The fourth-order valence-electron chi connectivity index (χ4n) is 2.14. The molecule has 1 aromatic carbocycles. The van der Waals surface area contributed by atoms with E-state index in [1.54, 1.807) is 6.92 Å². The minimum absolute atomic E-state index is 0.163. The van der Waals surface area contributed by atoms with Gasteiger partial charge in [-0.15, -0.1) is 0 Å². The Balaban J connectivity index is 1.97. The zero-order valence-electron chi connectivity index (χ0n) is 11.7. The Morgan fingerprint density at radius 1 is 1.33 bits per heavy atom. The van der Waals surface area contributed by atoms with Gasteiger partial charge in [0.05, 0.1) is 6.04 Å². The van der Waals surface area contributed by atoms with Crippen molar-refractivity contribution in [3.63, 3.8) is 0 Å². The number of likely N-dealkylation sites (tertiary alicyclic amines) is 1. The smallest absolute Gasteiger partial charge is 0.219 e. The van der Waals surface area contributed by atoms with E-state index < -0.39 is 0 Å². The van der Waals surface area contributed by atoms with Gasteiger partial charge in [0.1, 0.15) is 0 Å². The largest absolute Gasteiger partial charge is 0.379 e. The van der Waals surface area contributed by atoms with Crippen LogP contribution in [0.15, 0.2) is 24.3 Å². The SMILES string of the molecule is CC(=O)N1CC(Nc2cccc(C(C)(C)C)c2)C1. The fourth-order valence-corrected chi connectivity index (χ4v) is 2.14. The van der Waals surface area contributed by atoms with Gasteiger partial charge in [-0.3, -0.25) is 4.79 Å². The topological polar surface area (TPSA) is 32.3 Å². The quantitative estimate of drug-likeness (QED) is 0.870. The number of amides is 1. The maximum Gasteiger partial charge on any atom is 0.219 e. The molecule has 0 bridgehead atoms. The van der Waals surface area contributed by atoms with Crippen molar-refractivity contribution in [1.82, 2.24) is 4.90 Å². The minimum atomic E-state index is 0.163. The molecule has 1 aliphatic heterocycles. The normalized spacial score (nSPS) is 16.3. The highest BCUT2D eigenvalue weighted by atomic mass is 16.2. The first-order valence-corrected chi connectivity index (χ1v) is 6.49. The molecule has 1 amide bonds. The van der Waals surface area contributed by atoms with E-state index in [0.29, 0.717) is 6.04 Å². The van der Waals surface area contributed by atoms with Crippen LogP contribution in [0, 0.1) is 0 Å². The first kappa shape index (κ1) is 12.9. The molecule has 0 aromatic heterocycles. The van der Waals surface area contributed by atoms with E-state index in [1.165, 1.54) is 5.56 Å². The molecule has 2 rings (SSSR count). The van der Waals surface area contributed by atoms with Gasteiger partial charge in [0, 0.05) is 25.7 Å². The predicted molar refractivity (Wildman–Crippen MR) is 74.8 cm³/mol. The van der Waals surface area contributed by atoms with Gasteiger partial charge in [0.15, 0.2) is 0 Å². The maximum atomic E-state index is 11.1. The number of carbonyl (C=O) groups is 1. The lowest BCUT2D eigenvalue weighted by Gasteiger charge is -2.39. The number of benzene rings is 1. The molecule has 1 aliphatic rings. The lowest BCUT2D eigenvalue weighted by atomic mass is 9.87. The van der Waals surface area contributed by atoms with Crippen LogP contribution in [-0.2, 0) is 10.2 Å². The summed E-state index contributed by atoms with van der Waals surface area (Å²) in [5, 5.41) is 3.48. The molecular weight excluding hydrogens is 224 g/mol. The Hall–Kier alpha value is -1.51. The summed E-state index contributed by atoms with van der Waals surface area (Å²) in [4.78, 5) is 13.0. The van der Waals surface area contributed by atoms with Crippen molar-refractivity contribution < 1.29 is 4.79 Å². The third kappa shape index (κ3) is 2.84. The van der Waals surface area contributed by atoms with Crippen LogP contribution in [0.25, 0.3) is 0 Å².